The number of aromatic carboxylic acids is 1. The van der Waals surface area contributed by atoms with E-state index < -0.39 is 16.0 Å². The van der Waals surface area contributed by atoms with Crippen LogP contribution < -0.4 is 5.32 Å². The zero-order valence-electron chi connectivity index (χ0n) is 12.0. The van der Waals surface area contributed by atoms with Gasteiger partial charge in [-0.15, -0.1) is 0 Å². The molecule has 0 aliphatic heterocycles. The molecular formula is C13H20N2O5S. The third kappa shape index (κ3) is 3.93. The lowest BCUT2D eigenvalue weighted by Gasteiger charge is -2.19. The molecule has 0 spiro atoms. The first-order valence-corrected chi connectivity index (χ1v) is 8.04. The van der Waals surface area contributed by atoms with E-state index in [0.717, 1.165) is 6.07 Å². The van der Waals surface area contributed by atoms with Crippen molar-refractivity contribution in [1.29, 1.82) is 0 Å². The van der Waals surface area contributed by atoms with Crippen molar-refractivity contribution in [2.45, 2.75) is 18.7 Å². The van der Waals surface area contributed by atoms with Gasteiger partial charge in [0.2, 0.25) is 10.0 Å². The van der Waals surface area contributed by atoms with E-state index in [1.165, 1.54) is 16.4 Å². The van der Waals surface area contributed by atoms with E-state index in [4.69, 9.17) is 5.11 Å². The van der Waals surface area contributed by atoms with Gasteiger partial charge in [-0.1, -0.05) is 13.8 Å². The Morgan fingerprint density at radius 2 is 1.90 bits per heavy atom. The number of anilines is 1. The molecule has 0 saturated heterocycles. The average Bonchev–Trinajstić information content (AvgIpc) is 2.45. The molecule has 0 radical (unpaired) electrons. The first kappa shape index (κ1) is 17.4. The van der Waals surface area contributed by atoms with Crippen LogP contribution in [0.5, 0.6) is 0 Å². The molecule has 8 heteroatoms. The van der Waals surface area contributed by atoms with Crippen LogP contribution in [-0.2, 0) is 10.0 Å². The summed E-state index contributed by atoms with van der Waals surface area (Å²) in [4.78, 5) is 11.2. The molecule has 0 aliphatic carbocycles. The molecule has 0 fully saturated rings. The lowest BCUT2D eigenvalue weighted by atomic mass is 10.2. The standard InChI is InChI=1S/C13H20N2O5S/c1-3-15(4-2)21(19,20)10-5-6-12(14-7-8-16)11(9-10)13(17)18/h5-6,9,14,16H,3-4,7-8H2,1-2H3,(H,17,18). The SMILES string of the molecule is CCN(CC)S(=O)(=O)c1ccc(NCCO)c(C(=O)O)c1. The number of hydrogen-bond acceptors (Lipinski definition) is 5. The van der Waals surface area contributed by atoms with E-state index in [9.17, 15) is 18.3 Å². The molecule has 3 N–H and O–H groups in total. The number of aliphatic hydroxyl groups is 1. The highest BCUT2D eigenvalue weighted by Gasteiger charge is 2.23. The van der Waals surface area contributed by atoms with E-state index in [-0.39, 0.29) is 29.3 Å². The average molecular weight is 316 g/mol. The van der Waals surface area contributed by atoms with Crippen molar-refractivity contribution < 1.29 is 23.4 Å². The molecule has 0 bridgehead atoms. The minimum absolute atomic E-state index is 0.0573. The molecule has 0 amide bonds. The zero-order valence-corrected chi connectivity index (χ0v) is 12.9. The molecule has 1 aromatic rings. The highest BCUT2D eigenvalue weighted by atomic mass is 32.2. The van der Waals surface area contributed by atoms with Gasteiger partial charge in [-0.05, 0) is 18.2 Å². The van der Waals surface area contributed by atoms with Crippen LogP contribution >= 0.6 is 0 Å². The molecule has 0 heterocycles. The normalized spacial score (nSPS) is 11.6. The molecule has 21 heavy (non-hydrogen) atoms. The molecule has 7 nitrogen and oxygen atoms in total. The van der Waals surface area contributed by atoms with Gasteiger partial charge in [0.1, 0.15) is 0 Å². The summed E-state index contributed by atoms with van der Waals surface area (Å²) in [5.74, 6) is -1.23. The highest BCUT2D eigenvalue weighted by Crippen LogP contribution is 2.23. The summed E-state index contributed by atoms with van der Waals surface area (Å²) in [5, 5.41) is 20.7. The quantitative estimate of drug-likeness (QED) is 0.655. The van der Waals surface area contributed by atoms with Crippen molar-refractivity contribution in [3.05, 3.63) is 23.8 Å². The lowest BCUT2D eigenvalue weighted by molar-refractivity contribution is 0.0697. The first-order valence-electron chi connectivity index (χ1n) is 6.60. The molecule has 0 aliphatic rings. The van der Waals surface area contributed by atoms with Crippen LogP contribution in [0.1, 0.15) is 24.2 Å². The Labute approximate surface area is 124 Å². The molecule has 118 valence electrons. The fourth-order valence-corrected chi connectivity index (χ4v) is 3.40. The van der Waals surface area contributed by atoms with Gasteiger partial charge in [0.25, 0.3) is 0 Å². The fourth-order valence-electron chi connectivity index (χ4n) is 1.92. The van der Waals surface area contributed by atoms with Crippen LogP contribution in [0.3, 0.4) is 0 Å². The number of hydrogen-bond donors (Lipinski definition) is 3. The van der Waals surface area contributed by atoms with Crippen molar-refractivity contribution in [2.24, 2.45) is 0 Å². The maximum absolute atomic E-state index is 12.4. The third-order valence-electron chi connectivity index (χ3n) is 2.99. The number of carboxylic acid groups (broad SMARTS) is 1. The predicted molar refractivity (Wildman–Crippen MR) is 79.1 cm³/mol. The zero-order chi connectivity index (χ0) is 16.0. The second kappa shape index (κ2) is 7.39. The van der Waals surface area contributed by atoms with E-state index in [2.05, 4.69) is 5.32 Å². The van der Waals surface area contributed by atoms with Gasteiger partial charge in [0.05, 0.1) is 17.1 Å². The summed E-state index contributed by atoms with van der Waals surface area (Å²) in [6.07, 6.45) is 0. The summed E-state index contributed by atoms with van der Waals surface area (Å²) < 4.78 is 26.0. The number of nitrogens with zero attached hydrogens (tertiary/aromatic N) is 1. The van der Waals surface area contributed by atoms with Crippen LogP contribution in [0.15, 0.2) is 23.1 Å². The van der Waals surface area contributed by atoms with Gasteiger partial charge < -0.3 is 15.5 Å². The predicted octanol–water partition coefficient (Wildman–Crippen LogP) is 0.820. The topological polar surface area (TPSA) is 107 Å². The Morgan fingerprint density at radius 1 is 1.29 bits per heavy atom. The van der Waals surface area contributed by atoms with Crippen molar-refractivity contribution in [2.75, 3.05) is 31.6 Å². The lowest BCUT2D eigenvalue weighted by Crippen LogP contribution is -2.30. The Kier molecular flexibility index (Phi) is 6.13. The molecule has 1 rings (SSSR count). The Bertz CT molecular complexity index is 597. The number of carbonyl (C=O) groups is 1. The maximum Gasteiger partial charge on any atom is 0.337 e. The van der Waals surface area contributed by atoms with Crippen molar-refractivity contribution >= 4 is 21.7 Å². The van der Waals surface area contributed by atoms with Gasteiger partial charge in [0.15, 0.2) is 0 Å². The van der Waals surface area contributed by atoms with Crippen LogP contribution in [0.4, 0.5) is 5.69 Å². The fraction of sp³-hybridized carbons (Fsp3) is 0.462. The summed E-state index contributed by atoms with van der Waals surface area (Å²) in [7, 11) is -3.70. The van der Waals surface area contributed by atoms with E-state index in [1.807, 2.05) is 0 Å². The van der Waals surface area contributed by atoms with Crippen LogP contribution in [0.2, 0.25) is 0 Å². The van der Waals surface area contributed by atoms with E-state index in [0.29, 0.717) is 13.1 Å². The Balaban J connectivity index is 3.28. The van der Waals surface area contributed by atoms with Crippen molar-refractivity contribution in [1.82, 2.24) is 4.31 Å². The smallest absolute Gasteiger partial charge is 0.337 e. The first-order chi connectivity index (χ1) is 9.88. The largest absolute Gasteiger partial charge is 0.478 e. The number of benzene rings is 1. The minimum atomic E-state index is -3.70. The van der Waals surface area contributed by atoms with Crippen LogP contribution in [0.25, 0.3) is 0 Å². The minimum Gasteiger partial charge on any atom is -0.478 e. The van der Waals surface area contributed by atoms with E-state index in [1.54, 1.807) is 13.8 Å². The van der Waals surface area contributed by atoms with Crippen LogP contribution in [0, 0.1) is 0 Å². The maximum atomic E-state index is 12.4. The van der Waals surface area contributed by atoms with Gasteiger partial charge in [-0.25, -0.2) is 13.2 Å². The number of carboxylic acids is 1. The summed E-state index contributed by atoms with van der Waals surface area (Å²) in [5.41, 5.74) is 0.131. The number of aliphatic hydroxyl groups excluding tert-OH is 1. The van der Waals surface area contributed by atoms with Gasteiger partial charge in [0, 0.05) is 25.3 Å². The second-order valence-electron chi connectivity index (χ2n) is 4.25. The third-order valence-corrected chi connectivity index (χ3v) is 5.04. The summed E-state index contributed by atoms with van der Waals surface area (Å²) >= 11 is 0. The van der Waals surface area contributed by atoms with Crippen LogP contribution in [-0.4, -0.2) is 55.1 Å². The van der Waals surface area contributed by atoms with E-state index >= 15 is 0 Å². The second-order valence-corrected chi connectivity index (χ2v) is 6.19. The molecule has 0 unspecified atom stereocenters. The Morgan fingerprint density at radius 3 is 2.38 bits per heavy atom. The molecule has 0 atom stereocenters. The molecule has 1 aromatic carbocycles. The van der Waals surface area contributed by atoms with Gasteiger partial charge in [-0.3, -0.25) is 0 Å². The highest BCUT2D eigenvalue weighted by molar-refractivity contribution is 7.89. The van der Waals surface area contributed by atoms with Crippen molar-refractivity contribution in [3.8, 4) is 0 Å². The summed E-state index contributed by atoms with van der Waals surface area (Å²) in [6.45, 7) is 4.09. The molecular weight excluding hydrogens is 296 g/mol. The number of sulfonamides is 1. The summed E-state index contributed by atoms with van der Waals surface area (Å²) in [6, 6.07) is 3.89. The monoisotopic (exact) mass is 316 g/mol. The number of nitrogens with one attached hydrogen (secondary N) is 1. The van der Waals surface area contributed by atoms with Gasteiger partial charge >= 0.3 is 5.97 Å². The van der Waals surface area contributed by atoms with Gasteiger partial charge in [-0.2, -0.15) is 4.31 Å². The van der Waals surface area contributed by atoms with Crippen molar-refractivity contribution in [3.63, 3.8) is 0 Å². The molecule has 0 saturated carbocycles. The Hall–Kier alpha value is -1.64. The molecule has 0 aromatic heterocycles. The number of rotatable bonds is 8.